The van der Waals surface area contributed by atoms with Gasteiger partial charge in [-0.05, 0) is 39.3 Å². The summed E-state index contributed by atoms with van der Waals surface area (Å²) in [6.45, 7) is 7.25. The summed E-state index contributed by atoms with van der Waals surface area (Å²) in [5.41, 5.74) is -1.82. The monoisotopic (exact) mass is 526 g/mol. The summed E-state index contributed by atoms with van der Waals surface area (Å²) in [4.78, 5) is 27.8. The van der Waals surface area contributed by atoms with E-state index in [2.05, 4.69) is 17.4 Å². The van der Waals surface area contributed by atoms with Crippen molar-refractivity contribution >= 4 is 24.7 Å². The van der Waals surface area contributed by atoms with E-state index in [-0.39, 0.29) is 5.92 Å². The molecule has 0 saturated carbocycles. The summed E-state index contributed by atoms with van der Waals surface area (Å²) in [6.07, 6.45) is 0.935. The predicted molar refractivity (Wildman–Crippen MR) is 129 cm³/mol. The third-order valence-electron chi connectivity index (χ3n) is 5.62. The molecule has 36 heavy (non-hydrogen) atoms. The van der Waals surface area contributed by atoms with E-state index < -0.39 is 50.5 Å². The lowest BCUT2D eigenvalue weighted by molar-refractivity contribution is -0.404. The Bertz CT molecular complexity index is 1120. The molecule has 1 aliphatic heterocycles. The van der Waals surface area contributed by atoms with E-state index in [1.165, 1.54) is 5.56 Å². The Balaban J connectivity index is 0.000000261. The van der Waals surface area contributed by atoms with Gasteiger partial charge in [0, 0.05) is 5.92 Å². The molecule has 0 aliphatic carbocycles. The molecule has 3 rings (SSSR count). The number of phenols is 1. The maximum absolute atomic E-state index is 13.2. The predicted octanol–water partition coefficient (Wildman–Crippen LogP) is 4.86. The first kappa shape index (κ1) is 28.8. The molecule has 0 amide bonds. The standard InChI is InChI=1S/C15H24NO3P.C6H3N3O7/c1-4-18-20(17,19-5-2)15(3)14(11-12-16-15)13-9-7-6-8-10-13;10-6-4(8(13)14)1-3(7(11)12)2-5(6)9(15)16/h6-10,14,16H,4-5,11-12H2,1-3H3;1-2,10H/t14-,15+;/m0./s1. The second kappa shape index (κ2) is 12.0. The Morgan fingerprint density at radius 2 is 1.50 bits per heavy atom. The van der Waals surface area contributed by atoms with Crippen LogP contribution in [-0.2, 0) is 13.6 Å². The van der Waals surface area contributed by atoms with E-state index >= 15 is 0 Å². The number of nitro groups is 3. The Morgan fingerprint density at radius 3 is 1.92 bits per heavy atom. The maximum atomic E-state index is 13.2. The van der Waals surface area contributed by atoms with E-state index in [0.717, 1.165) is 13.0 Å². The van der Waals surface area contributed by atoms with Crippen LogP contribution in [0.2, 0.25) is 0 Å². The lowest BCUT2D eigenvalue weighted by Crippen LogP contribution is -2.41. The third-order valence-corrected chi connectivity index (χ3v) is 8.43. The maximum Gasteiger partial charge on any atom is 0.350 e. The molecule has 2 N–H and O–H groups in total. The number of hydrogen-bond acceptors (Lipinski definition) is 11. The minimum atomic E-state index is -3.21. The number of non-ortho nitro benzene ring substituents is 1. The molecule has 2 atom stereocenters. The van der Waals surface area contributed by atoms with Gasteiger partial charge in [0.25, 0.3) is 11.4 Å². The molecule has 14 nitrogen and oxygen atoms in total. The number of phenolic OH excluding ortho intramolecular Hbond substituents is 1. The number of nitrogens with zero attached hydrogens (tertiary/aromatic N) is 3. The fraction of sp³-hybridized carbons (Fsp3) is 0.429. The Hall–Kier alpha value is -3.45. The Morgan fingerprint density at radius 1 is 1.00 bits per heavy atom. The van der Waals surface area contributed by atoms with Crippen molar-refractivity contribution in [1.82, 2.24) is 5.32 Å². The molecule has 0 radical (unpaired) electrons. The molecular formula is C21H27N4O10P. The van der Waals surface area contributed by atoms with Crippen LogP contribution < -0.4 is 5.32 Å². The van der Waals surface area contributed by atoms with Crippen LogP contribution in [0.3, 0.4) is 0 Å². The van der Waals surface area contributed by atoms with Gasteiger partial charge >= 0.3 is 19.0 Å². The van der Waals surface area contributed by atoms with Crippen molar-refractivity contribution in [2.45, 2.75) is 38.4 Å². The van der Waals surface area contributed by atoms with Crippen molar-refractivity contribution in [3.05, 3.63) is 78.4 Å². The van der Waals surface area contributed by atoms with Crippen LogP contribution in [-0.4, -0.2) is 44.9 Å². The van der Waals surface area contributed by atoms with Crippen molar-refractivity contribution < 1.29 is 33.5 Å². The molecule has 1 saturated heterocycles. The molecule has 2 aromatic rings. The third kappa shape index (κ3) is 6.02. The van der Waals surface area contributed by atoms with Crippen LogP contribution in [0.15, 0.2) is 42.5 Å². The zero-order chi connectivity index (χ0) is 27.1. The van der Waals surface area contributed by atoms with Crippen LogP contribution in [0, 0.1) is 30.3 Å². The number of nitrogens with one attached hydrogen (secondary N) is 1. The minimum Gasteiger partial charge on any atom is -0.497 e. The van der Waals surface area contributed by atoms with Gasteiger partial charge < -0.3 is 19.5 Å². The first-order chi connectivity index (χ1) is 16.9. The summed E-state index contributed by atoms with van der Waals surface area (Å²) >= 11 is 0. The van der Waals surface area contributed by atoms with Crippen molar-refractivity contribution in [2.75, 3.05) is 19.8 Å². The fourth-order valence-electron chi connectivity index (χ4n) is 3.96. The number of rotatable bonds is 9. The lowest BCUT2D eigenvalue weighted by Gasteiger charge is -2.37. The zero-order valence-corrected chi connectivity index (χ0v) is 20.8. The van der Waals surface area contributed by atoms with E-state index in [1.807, 2.05) is 39.0 Å². The van der Waals surface area contributed by atoms with Gasteiger partial charge in [0.1, 0.15) is 5.28 Å². The first-order valence-electron chi connectivity index (χ1n) is 10.9. The molecule has 1 aliphatic rings. The summed E-state index contributed by atoms with van der Waals surface area (Å²) in [5, 5.41) is 42.9. The highest BCUT2D eigenvalue weighted by molar-refractivity contribution is 7.55. The lowest BCUT2D eigenvalue weighted by atomic mass is 9.92. The quantitative estimate of drug-likeness (QED) is 0.257. The first-order valence-corrected chi connectivity index (χ1v) is 12.4. The summed E-state index contributed by atoms with van der Waals surface area (Å²) in [5.74, 6) is -1.08. The molecule has 0 bridgehead atoms. The number of benzene rings is 2. The molecule has 0 spiro atoms. The summed E-state index contributed by atoms with van der Waals surface area (Å²) in [7, 11) is -3.21. The van der Waals surface area contributed by atoms with E-state index in [4.69, 9.17) is 14.2 Å². The minimum absolute atomic E-state index is 0.132. The van der Waals surface area contributed by atoms with Crippen LogP contribution in [0.4, 0.5) is 17.1 Å². The van der Waals surface area contributed by atoms with Crippen molar-refractivity contribution in [3.63, 3.8) is 0 Å². The van der Waals surface area contributed by atoms with E-state index in [1.54, 1.807) is 0 Å². The van der Waals surface area contributed by atoms with Gasteiger partial charge in [-0.15, -0.1) is 0 Å². The van der Waals surface area contributed by atoms with Gasteiger partial charge in [0.2, 0.25) is 0 Å². The second-order valence-corrected chi connectivity index (χ2v) is 10.2. The van der Waals surface area contributed by atoms with Gasteiger partial charge in [-0.3, -0.25) is 34.9 Å². The molecule has 0 unspecified atom stereocenters. The van der Waals surface area contributed by atoms with E-state index in [0.29, 0.717) is 25.3 Å². The average molecular weight is 526 g/mol. The average Bonchev–Trinajstić information content (AvgIpc) is 3.23. The second-order valence-electron chi connectivity index (χ2n) is 7.76. The smallest absolute Gasteiger partial charge is 0.350 e. The van der Waals surface area contributed by atoms with Gasteiger partial charge in [-0.1, -0.05) is 30.3 Å². The molecule has 196 valence electrons. The fourth-order valence-corrected chi connectivity index (χ4v) is 6.21. The number of aromatic hydroxyl groups is 1. The van der Waals surface area contributed by atoms with Gasteiger partial charge in [0.05, 0.1) is 40.1 Å². The zero-order valence-electron chi connectivity index (χ0n) is 19.9. The largest absolute Gasteiger partial charge is 0.497 e. The van der Waals surface area contributed by atoms with Crippen molar-refractivity contribution in [2.24, 2.45) is 0 Å². The van der Waals surface area contributed by atoms with Crippen LogP contribution in [0.5, 0.6) is 5.75 Å². The highest BCUT2D eigenvalue weighted by Crippen LogP contribution is 2.65. The summed E-state index contributed by atoms with van der Waals surface area (Å²) < 4.78 is 24.4. The Kier molecular flexibility index (Phi) is 9.59. The topological polar surface area (TPSA) is 197 Å². The number of nitro benzene ring substituents is 3. The van der Waals surface area contributed by atoms with Gasteiger partial charge in [-0.2, -0.15) is 0 Å². The van der Waals surface area contributed by atoms with Crippen LogP contribution >= 0.6 is 7.60 Å². The molecule has 2 aromatic carbocycles. The van der Waals surface area contributed by atoms with Crippen LogP contribution in [0.1, 0.15) is 38.7 Å². The van der Waals surface area contributed by atoms with Crippen molar-refractivity contribution in [3.8, 4) is 5.75 Å². The van der Waals surface area contributed by atoms with Crippen LogP contribution in [0.25, 0.3) is 0 Å². The normalized spacial score (nSPS) is 19.2. The molecule has 0 aromatic heterocycles. The molecule has 1 heterocycles. The van der Waals surface area contributed by atoms with Gasteiger partial charge in [-0.25, -0.2) is 0 Å². The summed E-state index contributed by atoms with van der Waals surface area (Å²) in [6, 6.07) is 11.1. The molecular weight excluding hydrogens is 499 g/mol. The Labute approximate surface area is 206 Å². The highest BCUT2D eigenvalue weighted by Gasteiger charge is 2.55. The molecule has 1 fully saturated rings. The SMILES string of the molecule is CCOP(=O)(OCC)[C@@]1(C)NCC[C@H]1c1ccccc1.O=[N+]([O-])c1cc([N+](=O)[O-])c(O)c([N+](=O)[O-])c1. The highest BCUT2D eigenvalue weighted by atomic mass is 31.2. The number of hydrogen-bond donors (Lipinski definition) is 2. The van der Waals surface area contributed by atoms with E-state index in [9.17, 15) is 34.9 Å². The van der Waals surface area contributed by atoms with Gasteiger partial charge in [0.15, 0.2) is 0 Å². The van der Waals surface area contributed by atoms with Crippen molar-refractivity contribution in [1.29, 1.82) is 0 Å². The molecule has 15 heteroatoms.